The van der Waals surface area contributed by atoms with Gasteiger partial charge in [0, 0.05) is 0 Å². The minimum Gasteiger partial charge on any atom is -0.466 e. The molecule has 0 amide bonds. The lowest BCUT2D eigenvalue weighted by Gasteiger charge is -2.24. The normalized spacial score (nSPS) is 28.1. The number of likely N-dealkylation sites (tertiary alicyclic amines) is 1. The van der Waals surface area contributed by atoms with Crippen LogP contribution >= 0.6 is 0 Å². The van der Waals surface area contributed by atoms with Crippen molar-refractivity contribution < 1.29 is 9.47 Å². The Kier molecular flexibility index (Phi) is 2.54. The summed E-state index contributed by atoms with van der Waals surface area (Å²) in [5.41, 5.74) is 0. The zero-order valence-corrected chi connectivity index (χ0v) is 7.90. The molecule has 1 saturated heterocycles. The first kappa shape index (κ1) is 8.63. The van der Waals surface area contributed by atoms with Gasteiger partial charge in [0.1, 0.15) is 18.8 Å². The third-order valence-corrected chi connectivity index (χ3v) is 2.62. The number of ether oxygens (including phenoxy) is 2. The maximum atomic E-state index is 5.41. The van der Waals surface area contributed by atoms with Crippen LogP contribution in [0.1, 0.15) is 19.8 Å². The van der Waals surface area contributed by atoms with E-state index in [1.54, 1.807) is 18.8 Å². The first-order valence-electron chi connectivity index (χ1n) is 4.83. The fourth-order valence-electron chi connectivity index (χ4n) is 1.96. The lowest BCUT2D eigenvalue weighted by molar-refractivity contribution is 0.178. The van der Waals surface area contributed by atoms with Gasteiger partial charge in [0.2, 0.25) is 0 Å². The molecule has 72 valence electrons. The quantitative estimate of drug-likeness (QED) is 0.648. The van der Waals surface area contributed by atoms with Crippen molar-refractivity contribution in [3.05, 3.63) is 24.5 Å². The summed E-state index contributed by atoms with van der Waals surface area (Å²) >= 11 is 0. The first-order valence-corrected chi connectivity index (χ1v) is 4.83. The van der Waals surface area contributed by atoms with Crippen LogP contribution < -0.4 is 0 Å². The van der Waals surface area contributed by atoms with Gasteiger partial charge in [-0.1, -0.05) is 6.92 Å². The van der Waals surface area contributed by atoms with Crippen molar-refractivity contribution >= 4 is 0 Å². The van der Waals surface area contributed by atoms with E-state index in [1.807, 2.05) is 0 Å². The zero-order valence-electron chi connectivity index (χ0n) is 7.90. The molecular weight excluding hydrogens is 166 g/mol. The van der Waals surface area contributed by atoms with E-state index in [1.165, 1.54) is 19.4 Å². The predicted octanol–water partition coefficient (Wildman–Crippen LogP) is 1.83. The van der Waals surface area contributed by atoms with Gasteiger partial charge in [-0.25, -0.2) is 0 Å². The smallest absolute Gasteiger partial charge is 0.155 e. The van der Waals surface area contributed by atoms with Crippen LogP contribution in [0.3, 0.4) is 0 Å². The molecule has 0 aromatic rings. The number of likely N-dealkylation sites (N-methyl/N-ethyl adjacent to an activating group) is 1. The summed E-state index contributed by atoms with van der Waals surface area (Å²) in [5.74, 6) is 0.946. The van der Waals surface area contributed by atoms with Crippen LogP contribution in [0.15, 0.2) is 24.5 Å². The van der Waals surface area contributed by atoms with Crippen molar-refractivity contribution in [2.75, 3.05) is 13.1 Å². The van der Waals surface area contributed by atoms with Crippen LogP contribution in [-0.4, -0.2) is 24.0 Å². The molecule has 0 N–H and O–H groups in total. The van der Waals surface area contributed by atoms with Crippen LogP contribution in [0.2, 0.25) is 0 Å². The van der Waals surface area contributed by atoms with E-state index in [0.717, 1.165) is 12.3 Å². The second-order valence-corrected chi connectivity index (χ2v) is 3.33. The summed E-state index contributed by atoms with van der Waals surface area (Å²) in [6, 6.07) is 0.426. The summed E-state index contributed by atoms with van der Waals surface area (Å²) in [6.07, 6.45) is 7.29. The summed E-state index contributed by atoms with van der Waals surface area (Å²) < 4.78 is 10.5. The highest BCUT2D eigenvalue weighted by Crippen LogP contribution is 2.25. The third kappa shape index (κ3) is 1.70. The van der Waals surface area contributed by atoms with Gasteiger partial charge in [0.05, 0.1) is 6.04 Å². The molecule has 1 unspecified atom stereocenters. The van der Waals surface area contributed by atoms with Crippen molar-refractivity contribution in [1.82, 2.24) is 4.90 Å². The van der Waals surface area contributed by atoms with E-state index in [4.69, 9.17) is 9.47 Å². The van der Waals surface area contributed by atoms with E-state index in [9.17, 15) is 0 Å². The Balaban J connectivity index is 2.02. The summed E-state index contributed by atoms with van der Waals surface area (Å²) in [5, 5.41) is 0. The van der Waals surface area contributed by atoms with Crippen molar-refractivity contribution in [3.8, 4) is 0 Å². The molecule has 13 heavy (non-hydrogen) atoms. The average molecular weight is 181 g/mol. The van der Waals surface area contributed by atoms with Gasteiger partial charge in [-0.15, -0.1) is 0 Å². The van der Waals surface area contributed by atoms with Crippen LogP contribution in [0.5, 0.6) is 0 Å². The number of nitrogens with zero attached hydrogens (tertiary/aromatic N) is 1. The van der Waals surface area contributed by atoms with E-state index in [2.05, 4.69) is 11.8 Å². The Morgan fingerprint density at radius 2 is 2.46 bits per heavy atom. The van der Waals surface area contributed by atoms with Crippen molar-refractivity contribution in [2.45, 2.75) is 25.8 Å². The molecule has 2 rings (SSSR count). The highest BCUT2D eigenvalue weighted by atomic mass is 16.5. The maximum absolute atomic E-state index is 5.41. The lowest BCUT2D eigenvalue weighted by atomic mass is 10.2. The average Bonchev–Trinajstić information content (AvgIpc) is 2.67. The molecule has 2 aliphatic heterocycles. The van der Waals surface area contributed by atoms with Crippen molar-refractivity contribution in [3.63, 3.8) is 0 Å². The topological polar surface area (TPSA) is 21.7 Å². The Morgan fingerprint density at radius 1 is 1.54 bits per heavy atom. The second-order valence-electron chi connectivity index (χ2n) is 3.33. The predicted molar refractivity (Wildman–Crippen MR) is 49.7 cm³/mol. The lowest BCUT2D eigenvalue weighted by Crippen LogP contribution is -2.31. The number of hydrogen-bond acceptors (Lipinski definition) is 3. The van der Waals surface area contributed by atoms with Gasteiger partial charge in [0.15, 0.2) is 5.76 Å². The largest absolute Gasteiger partial charge is 0.466 e. The van der Waals surface area contributed by atoms with E-state index < -0.39 is 0 Å². The molecule has 3 heteroatoms. The fourth-order valence-corrected chi connectivity index (χ4v) is 1.96. The molecule has 0 aromatic heterocycles. The monoisotopic (exact) mass is 181 g/mol. The molecule has 0 bridgehead atoms. The minimum absolute atomic E-state index is 0.426. The van der Waals surface area contributed by atoms with Gasteiger partial charge in [0.25, 0.3) is 0 Å². The Bertz CT molecular complexity index is 235. The molecule has 3 nitrogen and oxygen atoms in total. The molecule has 0 aliphatic carbocycles. The van der Waals surface area contributed by atoms with Gasteiger partial charge >= 0.3 is 0 Å². The first-order chi connectivity index (χ1) is 6.42. The van der Waals surface area contributed by atoms with Crippen LogP contribution in [-0.2, 0) is 9.47 Å². The SMILES string of the molecule is CCN1CCCC1C1=COC=CO1. The summed E-state index contributed by atoms with van der Waals surface area (Å²) in [4.78, 5) is 2.41. The second kappa shape index (κ2) is 3.83. The Labute approximate surface area is 78.6 Å². The van der Waals surface area contributed by atoms with Gasteiger partial charge in [-0.05, 0) is 25.9 Å². The maximum Gasteiger partial charge on any atom is 0.155 e. The zero-order chi connectivity index (χ0) is 9.10. The van der Waals surface area contributed by atoms with Gasteiger partial charge in [-0.2, -0.15) is 0 Å². The molecule has 0 saturated carbocycles. The molecule has 1 atom stereocenters. The molecule has 0 aromatic carbocycles. The molecule has 2 aliphatic rings. The Hall–Kier alpha value is -0.960. The number of rotatable bonds is 2. The fraction of sp³-hybridized carbons (Fsp3) is 0.600. The highest BCUT2D eigenvalue weighted by molar-refractivity contribution is 5.07. The summed E-state index contributed by atoms with van der Waals surface area (Å²) in [6.45, 7) is 4.43. The van der Waals surface area contributed by atoms with Crippen molar-refractivity contribution in [1.29, 1.82) is 0 Å². The standard InChI is InChI=1S/C10H15NO2/c1-2-11-5-3-4-9(11)10-8-12-6-7-13-10/h6-9H,2-5H2,1H3. The molecular formula is C10H15NO2. The van der Waals surface area contributed by atoms with Gasteiger partial charge < -0.3 is 9.47 Å². The summed E-state index contributed by atoms with van der Waals surface area (Å²) in [7, 11) is 0. The van der Waals surface area contributed by atoms with Crippen LogP contribution in [0, 0.1) is 0 Å². The van der Waals surface area contributed by atoms with Crippen LogP contribution in [0.25, 0.3) is 0 Å². The minimum atomic E-state index is 0.426. The Morgan fingerprint density at radius 3 is 3.15 bits per heavy atom. The van der Waals surface area contributed by atoms with Crippen LogP contribution in [0.4, 0.5) is 0 Å². The number of hydrogen-bond donors (Lipinski definition) is 0. The third-order valence-electron chi connectivity index (χ3n) is 2.62. The van der Waals surface area contributed by atoms with E-state index in [-0.39, 0.29) is 0 Å². The van der Waals surface area contributed by atoms with E-state index >= 15 is 0 Å². The molecule has 1 fully saturated rings. The van der Waals surface area contributed by atoms with Gasteiger partial charge in [-0.3, -0.25) is 4.90 Å². The molecule has 2 heterocycles. The molecule has 0 radical (unpaired) electrons. The molecule has 0 spiro atoms. The van der Waals surface area contributed by atoms with Crippen molar-refractivity contribution in [2.24, 2.45) is 0 Å². The highest BCUT2D eigenvalue weighted by Gasteiger charge is 2.28. The van der Waals surface area contributed by atoms with E-state index in [0.29, 0.717) is 6.04 Å².